The molecule has 0 amide bonds. The second-order valence-corrected chi connectivity index (χ2v) is 8.57. The molecule has 4 rings (SSSR count). The van der Waals surface area contributed by atoms with Gasteiger partial charge in [0.25, 0.3) is 0 Å². The van der Waals surface area contributed by atoms with E-state index in [0.29, 0.717) is 6.54 Å². The number of fused-ring (bicyclic) bond motifs is 1. The standard InChI is InChI=1S/C21H37N7O/c1-2-22-20(23-16-19-26-25-18-8-4-7-11-28(18)19)24-17-21(9-5-3-6-10-21)27-12-14-29-15-13-27/h2-17H2,1H3,(H2,22,23,24). The predicted octanol–water partition coefficient (Wildman–Crippen LogP) is 1.70. The number of rotatable bonds is 6. The molecule has 0 spiro atoms. The van der Waals surface area contributed by atoms with Crippen LogP contribution in [0.5, 0.6) is 0 Å². The highest BCUT2D eigenvalue weighted by atomic mass is 16.5. The molecule has 2 N–H and O–H groups in total. The maximum Gasteiger partial charge on any atom is 0.191 e. The molecule has 0 bridgehead atoms. The summed E-state index contributed by atoms with van der Waals surface area (Å²) in [5.41, 5.74) is 0.228. The molecule has 0 aromatic carbocycles. The number of ether oxygens (including phenoxy) is 1. The number of nitrogens with zero attached hydrogens (tertiary/aromatic N) is 5. The Morgan fingerprint density at radius 2 is 1.86 bits per heavy atom. The summed E-state index contributed by atoms with van der Waals surface area (Å²) < 4.78 is 7.87. The van der Waals surface area contributed by atoms with Gasteiger partial charge in [-0.1, -0.05) is 19.3 Å². The molecule has 8 nitrogen and oxygen atoms in total. The van der Waals surface area contributed by atoms with Crippen LogP contribution >= 0.6 is 0 Å². The Kier molecular flexibility index (Phi) is 7.02. The van der Waals surface area contributed by atoms with Crippen LogP contribution in [0.1, 0.15) is 63.5 Å². The van der Waals surface area contributed by atoms with E-state index in [2.05, 4.69) is 37.2 Å². The van der Waals surface area contributed by atoms with Crippen molar-refractivity contribution >= 4 is 5.96 Å². The number of morpholine rings is 1. The van der Waals surface area contributed by atoms with E-state index in [4.69, 9.17) is 9.73 Å². The average molecular weight is 404 g/mol. The van der Waals surface area contributed by atoms with E-state index in [0.717, 1.165) is 70.0 Å². The van der Waals surface area contributed by atoms with Gasteiger partial charge in [-0.05, 0) is 32.6 Å². The number of aliphatic imine (C=N–C) groups is 1. The van der Waals surface area contributed by atoms with Gasteiger partial charge >= 0.3 is 0 Å². The summed E-state index contributed by atoms with van der Waals surface area (Å²) in [6, 6.07) is 0. The Morgan fingerprint density at radius 3 is 2.66 bits per heavy atom. The smallest absolute Gasteiger partial charge is 0.191 e. The van der Waals surface area contributed by atoms with Crippen molar-refractivity contribution in [1.82, 2.24) is 30.3 Å². The van der Waals surface area contributed by atoms with E-state index in [1.165, 1.54) is 44.9 Å². The SMILES string of the molecule is CCNC(=NCc1nnc2n1CCCC2)NCC1(N2CCOCC2)CCCCC1. The summed E-state index contributed by atoms with van der Waals surface area (Å²) in [4.78, 5) is 7.52. The number of aryl methyl sites for hydroxylation is 1. The van der Waals surface area contributed by atoms with Gasteiger partial charge in [0, 0.05) is 44.7 Å². The lowest BCUT2D eigenvalue weighted by molar-refractivity contribution is -0.0352. The number of hydrogen-bond acceptors (Lipinski definition) is 5. The van der Waals surface area contributed by atoms with Gasteiger partial charge < -0.3 is 19.9 Å². The lowest BCUT2D eigenvalue weighted by atomic mass is 9.80. The van der Waals surface area contributed by atoms with Crippen LogP contribution < -0.4 is 10.6 Å². The summed E-state index contributed by atoms with van der Waals surface area (Å²) in [5.74, 6) is 2.99. The third-order valence-electron chi connectivity index (χ3n) is 6.71. The molecule has 162 valence electrons. The van der Waals surface area contributed by atoms with Gasteiger partial charge in [-0.2, -0.15) is 0 Å². The van der Waals surface area contributed by atoms with E-state index in [9.17, 15) is 0 Å². The third kappa shape index (κ3) is 4.91. The highest BCUT2D eigenvalue weighted by Crippen LogP contribution is 2.33. The fraction of sp³-hybridized carbons (Fsp3) is 0.857. The third-order valence-corrected chi connectivity index (χ3v) is 6.71. The highest BCUT2D eigenvalue weighted by molar-refractivity contribution is 5.79. The van der Waals surface area contributed by atoms with Crippen molar-refractivity contribution in [3.8, 4) is 0 Å². The average Bonchev–Trinajstić information content (AvgIpc) is 3.20. The maximum atomic E-state index is 5.61. The first-order valence-corrected chi connectivity index (χ1v) is 11.6. The van der Waals surface area contributed by atoms with E-state index < -0.39 is 0 Å². The molecule has 3 aliphatic rings. The van der Waals surface area contributed by atoms with E-state index in [1.54, 1.807) is 0 Å². The Hall–Kier alpha value is -1.67. The number of nitrogens with one attached hydrogen (secondary N) is 2. The molecule has 1 saturated carbocycles. The highest BCUT2D eigenvalue weighted by Gasteiger charge is 2.38. The first kappa shape index (κ1) is 20.6. The molecule has 0 radical (unpaired) electrons. The van der Waals surface area contributed by atoms with Gasteiger partial charge in [0.05, 0.1) is 13.2 Å². The van der Waals surface area contributed by atoms with Gasteiger partial charge in [-0.3, -0.25) is 4.90 Å². The first-order valence-electron chi connectivity index (χ1n) is 11.6. The van der Waals surface area contributed by atoms with Crippen LogP contribution in [-0.4, -0.2) is 70.6 Å². The molecule has 8 heteroatoms. The van der Waals surface area contributed by atoms with Crippen molar-refractivity contribution in [2.24, 2.45) is 4.99 Å². The normalized spacial score (nSPS) is 22.9. The van der Waals surface area contributed by atoms with Crippen LogP contribution in [0.3, 0.4) is 0 Å². The van der Waals surface area contributed by atoms with Gasteiger partial charge in [-0.25, -0.2) is 4.99 Å². The molecular weight excluding hydrogens is 366 g/mol. The zero-order valence-corrected chi connectivity index (χ0v) is 18.0. The lowest BCUT2D eigenvalue weighted by Crippen LogP contribution is -2.60. The van der Waals surface area contributed by atoms with Crippen molar-refractivity contribution < 1.29 is 4.74 Å². The second kappa shape index (κ2) is 9.89. The molecule has 29 heavy (non-hydrogen) atoms. The summed E-state index contributed by atoms with van der Waals surface area (Å²) in [5, 5.41) is 15.8. The predicted molar refractivity (Wildman–Crippen MR) is 114 cm³/mol. The summed E-state index contributed by atoms with van der Waals surface area (Å²) >= 11 is 0. The van der Waals surface area contributed by atoms with Gasteiger partial charge in [-0.15, -0.1) is 10.2 Å². The fourth-order valence-corrected chi connectivity index (χ4v) is 5.08. The van der Waals surface area contributed by atoms with Crippen molar-refractivity contribution in [3.05, 3.63) is 11.6 Å². The molecule has 0 atom stereocenters. The Balaban J connectivity index is 1.42. The number of hydrogen-bond donors (Lipinski definition) is 2. The largest absolute Gasteiger partial charge is 0.379 e. The van der Waals surface area contributed by atoms with Crippen LogP contribution in [0.2, 0.25) is 0 Å². The van der Waals surface area contributed by atoms with E-state index >= 15 is 0 Å². The Morgan fingerprint density at radius 1 is 1.03 bits per heavy atom. The zero-order chi connectivity index (χ0) is 19.9. The summed E-state index contributed by atoms with van der Waals surface area (Å²) in [6.45, 7) is 9.31. The van der Waals surface area contributed by atoms with Crippen molar-refractivity contribution in [3.63, 3.8) is 0 Å². The van der Waals surface area contributed by atoms with Crippen LogP contribution in [0, 0.1) is 0 Å². The minimum Gasteiger partial charge on any atom is -0.379 e. The fourth-order valence-electron chi connectivity index (χ4n) is 5.08. The zero-order valence-electron chi connectivity index (χ0n) is 18.0. The molecule has 2 aliphatic heterocycles. The van der Waals surface area contributed by atoms with Gasteiger partial charge in [0.2, 0.25) is 0 Å². The molecular formula is C21H37N7O. The second-order valence-electron chi connectivity index (χ2n) is 8.57. The topological polar surface area (TPSA) is 79.6 Å². The minimum absolute atomic E-state index is 0.228. The monoisotopic (exact) mass is 403 g/mol. The summed E-state index contributed by atoms with van der Waals surface area (Å²) in [6.07, 6.45) is 9.98. The van der Waals surface area contributed by atoms with Gasteiger partial charge in [0.1, 0.15) is 12.4 Å². The van der Waals surface area contributed by atoms with E-state index in [-0.39, 0.29) is 5.54 Å². The van der Waals surface area contributed by atoms with Crippen molar-refractivity contribution in [2.75, 3.05) is 39.4 Å². The van der Waals surface area contributed by atoms with Crippen LogP contribution in [0.4, 0.5) is 0 Å². The van der Waals surface area contributed by atoms with Crippen molar-refractivity contribution in [1.29, 1.82) is 0 Å². The molecule has 1 aliphatic carbocycles. The Labute approximate surface area is 174 Å². The molecule has 3 heterocycles. The van der Waals surface area contributed by atoms with Crippen LogP contribution in [0.25, 0.3) is 0 Å². The number of guanidine groups is 1. The summed E-state index contributed by atoms with van der Waals surface area (Å²) in [7, 11) is 0. The molecule has 2 fully saturated rings. The number of aromatic nitrogens is 3. The van der Waals surface area contributed by atoms with Crippen LogP contribution in [-0.2, 0) is 24.2 Å². The molecule has 0 unspecified atom stereocenters. The minimum atomic E-state index is 0.228. The maximum absolute atomic E-state index is 5.61. The molecule has 1 aromatic rings. The molecule has 1 saturated heterocycles. The lowest BCUT2D eigenvalue weighted by Gasteiger charge is -2.48. The Bertz CT molecular complexity index is 675. The molecule has 1 aromatic heterocycles. The quantitative estimate of drug-likeness (QED) is 0.556. The van der Waals surface area contributed by atoms with Crippen molar-refractivity contribution in [2.45, 2.75) is 76.9 Å². The first-order chi connectivity index (χ1) is 14.3. The van der Waals surface area contributed by atoms with Crippen LogP contribution in [0.15, 0.2) is 4.99 Å². The van der Waals surface area contributed by atoms with E-state index in [1.807, 2.05) is 0 Å². The van der Waals surface area contributed by atoms with Gasteiger partial charge in [0.15, 0.2) is 11.8 Å².